The summed E-state index contributed by atoms with van der Waals surface area (Å²) in [5.74, 6) is -2.43. The summed E-state index contributed by atoms with van der Waals surface area (Å²) in [6.07, 6.45) is -2.15. The van der Waals surface area contributed by atoms with Crippen molar-refractivity contribution in [3.05, 3.63) is 12.2 Å². The summed E-state index contributed by atoms with van der Waals surface area (Å²) < 4.78 is 58.3. The van der Waals surface area contributed by atoms with E-state index in [0.717, 1.165) is 11.7 Å². The lowest BCUT2D eigenvalue weighted by molar-refractivity contribution is -0.134. The Morgan fingerprint density at radius 1 is 1.34 bits per heavy atom. The summed E-state index contributed by atoms with van der Waals surface area (Å²) in [5.41, 5.74) is -0.810. The molecule has 0 saturated carbocycles. The Kier molecular flexibility index (Phi) is 7.46. The van der Waals surface area contributed by atoms with E-state index in [-0.39, 0.29) is 11.7 Å². The molecule has 0 aromatic carbocycles. The van der Waals surface area contributed by atoms with Crippen LogP contribution >= 0.6 is 11.7 Å². The molecular formula is C17H28N4O7S. The van der Waals surface area contributed by atoms with Gasteiger partial charge < -0.3 is 35.0 Å². The number of anilines is 1. The van der Waals surface area contributed by atoms with Gasteiger partial charge in [0.05, 0.1) is 29.1 Å². The maximum absolute atomic E-state index is 10.4. The van der Waals surface area contributed by atoms with Crippen LogP contribution < -0.4 is 15.0 Å². The van der Waals surface area contributed by atoms with E-state index in [0.29, 0.717) is 38.5 Å². The van der Waals surface area contributed by atoms with Gasteiger partial charge in [-0.05, 0) is 20.8 Å². The number of morpholine rings is 1. The zero-order valence-electron chi connectivity index (χ0n) is 21.2. The highest BCUT2D eigenvalue weighted by molar-refractivity contribution is 6.99. The van der Waals surface area contributed by atoms with Crippen molar-refractivity contribution in [1.82, 2.24) is 14.1 Å². The zero-order valence-corrected chi connectivity index (χ0v) is 17.0. The van der Waals surface area contributed by atoms with Crippen molar-refractivity contribution >= 4 is 29.5 Å². The third kappa shape index (κ3) is 11.3. The fourth-order valence-corrected chi connectivity index (χ4v) is 2.22. The molecule has 164 valence electrons. The molecule has 0 radical (unpaired) electrons. The molecule has 1 fully saturated rings. The first-order chi connectivity index (χ1) is 15.4. The van der Waals surface area contributed by atoms with Crippen molar-refractivity contribution in [2.24, 2.45) is 0 Å². The van der Waals surface area contributed by atoms with Crippen molar-refractivity contribution in [3.8, 4) is 5.88 Å². The Balaban J connectivity index is 0.000000620. The van der Waals surface area contributed by atoms with E-state index in [2.05, 4.69) is 14.1 Å². The van der Waals surface area contributed by atoms with Crippen molar-refractivity contribution in [3.63, 3.8) is 0 Å². The van der Waals surface area contributed by atoms with Crippen LogP contribution in [0, 0.1) is 0 Å². The van der Waals surface area contributed by atoms with Gasteiger partial charge in [-0.3, -0.25) is 0 Å². The van der Waals surface area contributed by atoms with Crippen molar-refractivity contribution in [2.75, 3.05) is 44.3 Å². The molecule has 29 heavy (non-hydrogen) atoms. The average molecular weight is 438 g/mol. The molecule has 0 bridgehead atoms. The highest BCUT2D eigenvalue weighted by atomic mass is 32.1. The third-order valence-electron chi connectivity index (χ3n) is 2.92. The van der Waals surface area contributed by atoms with Crippen molar-refractivity contribution in [2.45, 2.75) is 32.4 Å². The van der Waals surface area contributed by atoms with Crippen LogP contribution in [0.3, 0.4) is 0 Å². The van der Waals surface area contributed by atoms with Crippen LogP contribution in [0.25, 0.3) is 0 Å². The van der Waals surface area contributed by atoms with Crippen LogP contribution in [-0.4, -0.2) is 87.0 Å². The van der Waals surface area contributed by atoms with Gasteiger partial charge in [0.1, 0.15) is 12.6 Å². The van der Waals surface area contributed by atoms with Crippen LogP contribution in [0.2, 0.25) is 0 Å². The zero-order chi connectivity index (χ0) is 26.4. The van der Waals surface area contributed by atoms with E-state index in [1.54, 1.807) is 25.7 Å². The molecule has 1 aromatic rings. The number of aliphatic carboxylic acids is 2. The van der Waals surface area contributed by atoms with Crippen LogP contribution in [0.5, 0.6) is 5.88 Å². The van der Waals surface area contributed by atoms with Gasteiger partial charge in [-0.25, -0.2) is 9.59 Å². The first kappa shape index (κ1) is 17.6. The Morgan fingerprint density at radius 3 is 2.45 bits per heavy atom. The predicted octanol–water partition coefficient (Wildman–Crippen LogP) is 0.214. The number of ether oxygens (including phenoxy) is 2. The molecule has 2 rings (SSSR count). The number of nitrogens with zero attached hydrogens (tertiary/aromatic N) is 3. The second kappa shape index (κ2) is 12.3. The topological polar surface area (TPSA) is 154 Å². The summed E-state index contributed by atoms with van der Waals surface area (Å²) >= 11 is 0.802. The number of carboxylic acid groups (broad SMARTS) is 2. The van der Waals surface area contributed by atoms with Gasteiger partial charge in [0.25, 0.3) is 5.88 Å². The van der Waals surface area contributed by atoms with Gasteiger partial charge in [0.15, 0.2) is 0 Å². The second-order valence-electron chi connectivity index (χ2n) is 6.55. The molecule has 0 aliphatic carbocycles. The molecule has 2 heterocycles. The van der Waals surface area contributed by atoms with Crippen molar-refractivity contribution < 1.29 is 41.2 Å². The molecule has 0 amide bonds. The SMILES string of the molecule is O=C(O)C=CC(=O)O.[2H]C([2H])(NC(C)(C)C)C([2H])(O)C([2H])([2H])Oc1nsnc1N1CCOCC1. The lowest BCUT2D eigenvalue weighted by atomic mass is 10.1. The number of hydrogen-bond donors (Lipinski definition) is 4. The summed E-state index contributed by atoms with van der Waals surface area (Å²) in [4.78, 5) is 20.9. The number of β-amino-alcohol motifs (C(OH)–C–C–N with tert-alkyl or cyclic N) is 1. The quantitative estimate of drug-likeness (QED) is 0.413. The standard InChI is InChI=1S/C13H24N4O3S.C4H4O4/c1-13(2,3)14-8-10(18)9-20-12-11(15-21-16-12)17-4-6-19-7-5-17;5-3(6)1-2-4(7)8/h10,14,18H,4-9H2,1-3H3;1-2H,(H,5,6)(H,7,8)/i8D2,9D2,10D;. The molecule has 0 spiro atoms. The number of rotatable bonds is 8. The number of hydrogen-bond acceptors (Lipinski definition) is 10. The normalized spacial score (nSPS) is 20.1. The summed E-state index contributed by atoms with van der Waals surface area (Å²) in [7, 11) is 0. The maximum atomic E-state index is 10.4. The number of aliphatic hydroxyl groups is 1. The maximum Gasteiger partial charge on any atom is 0.328 e. The second-order valence-corrected chi connectivity index (χ2v) is 7.08. The van der Waals surface area contributed by atoms with Crippen LogP contribution in [0.15, 0.2) is 12.2 Å². The number of carboxylic acids is 2. The van der Waals surface area contributed by atoms with E-state index in [1.807, 2.05) is 0 Å². The molecule has 11 nitrogen and oxygen atoms in total. The molecule has 1 unspecified atom stereocenters. The number of carbonyl (C=O) groups is 2. The first-order valence-corrected chi connectivity index (χ1v) is 9.12. The fourth-order valence-electron chi connectivity index (χ4n) is 1.72. The van der Waals surface area contributed by atoms with Crippen LogP contribution in [0.1, 0.15) is 27.6 Å². The molecule has 1 aromatic heterocycles. The third-order valence-corrected chi connectivity index (χ3v) is 3.42. The monoisotopic (exact) mass is 437 g/mol. The minimum atomic E-state index is -3.26. The first-order valence-electron chi connectivity index (χ1n) is 10.9. The molecular weight excluding hydrogens is 404 g/mol. The Morgan fingerprint density at radius 2 is 1.93 bits per heavy atom. The minimum absolute atomic E-state index is 0.195. The Bertz CT molecular complexity index is 855. The van der Waals surface area contributed by atoms with Gasteiger partial charge in [0.2, 0.25) is 5.82 Å². The van der Waals surface area contributed by atoms with E-state index in [1.165, 1.54) is 0 Å². The van der Waals surface area contributed by atoms with Crippen LogP contribution in [0.4, 0.5) is 5.82 Å². The molecule has 12 heteroatoms. The van der Waals surface area contributed by atoms with Gasteiger partial charge in [-0.15, -0.1) is 4.37 Å². The Hall–Kier alpha value is -2.28. The van der Waals surface area contributed by atoms with Crippen LogP contribution in [-0.2, 0) is 14.3 Å². The lowest BCUT2D eigenvalue weighted by Gasteiger charge is -2.27. The average Bonchev–Trinajstić information content (AvgIpc) is 3.13. The van der Waals surface area contributed by atoms with Gasteiger partial charge >= 0.3 is 11.9 Å². The molecule has 1 atom stereocenters. The van der Waals surface area contributed by atoms with Gasteiger partial charge in [-0.1, -0.05) is 0 Å². The summed E-state index contributed by atoms with van der Waals surface area (Å²) in [6, 6.07) is 0. The highest BCUT2D eigenvalue weighted by Gasteiger charge is 2.21. The smallest absolute Gasteiger partial charge is 0.328 e. The number of aromatic nitrogens is 2. The molecule has 1 aliphatic rings. The van der Waals surface area contributed by atoms with E-state index < -0.39 is 36.6 Å². The largest absolute Gasteiger partial charge is 0.478 e. The highest BCUT2D eigenvalue weighted by Crippen LogP contribution is 2.26. The lowest BCUT2D eigenvalue weighted by Crippen LogP contribution is -2.42. The van der Waals surface area contributed by atoms with Gasteiger partial charge in [-0.2, -0.15) is 4.37 Å². The van der Waals surface area contributed by atoms with Crippen molar-refractivity contribution in [1.29, 1.82) is 0 Å². The molecule has 1 saturated heterocycles. The fraction of sp³-hybridized carbons (Fsp3) is 0.647. The predicted molar refractivity (Wildman–Crippen MR) is 107 cm³/mol. The van der Waals surface area contributed by atoms with Gasteiger partial charge in [0, 0.05) is 40.0 Å². The van der Waals surface area contributed by atoms with E-state index in [4.69, 9.17) is 26.5 Å². The molecule has 4 N–H and O–H groups in total. The van der Waals surface area contributed by atoms with E-state index >= 15 is 0 Å². The minimum Gasteiger partial charge on any atom is -0.478 e. The Labute approximate surface area is 180 Å². The van der Waals surface area contributed by atoms with E-state index in [9.17, 15) is 14.7 Å². The summed E-state index contributed by atoms with van der Waals surface area (Å²) in [5, 5.41) is 28.4. The molecule has 1 aliphatic heterocycles. The summed E-state index contributed by atoms with van der Waals surface area (Å²) in [6.45, 7) is 0.983. The number of nitrogens with one attached hydrogen (secondary N) is 1.